The maximum Gasteiger partial charge on any atom is 0.253 e. The highest BCUT2D eigenvalue weighted by Gasteiger charge is 2.24. The van der Waals surface area contributed by atoms with E-state index in [1.165, 1.54) is 5.69 Å². The Bertz CT molecular complexity index is 759. The van der Waals surface area contributed by atoms with Gasteiger partial charge in [-0.05, 0) is 36.6 Å². The van der Waals surface area contributed by atoms with E-state index < -0.39 is 0 Å². The molecule has 4 rings (SSSR count). The molecule has 0 spiro atoms. The molecule has 5 heteroatoms. The van der Waals surface area contributed by atoms with Gasteiger partial charge in [0, 0.05) is 44.1 Å². The summed E-state index contributed by atoms with van der Waals surface area (Å²) < 4.78 is 5.44. The van der Waals surface area contributed by atoms with Gasteiger partial charge in [-0.3, -0.25) is 4.79 Å². The molecule has 0 unspecified atom stereocenters. The summed E-state index contributed by atoms with van der Waals surface area (Å²) >= 11 is 0. The van der Waals surface area contributed by atoms with Gasteiger partial charge in [0.2, 0.25) is 0 Å². The van der Waals surface area contributed by atoms with E-state index in [-0.39, 0.29) is 5.91 Å². The first-order valence-corrected chi connectivity index (χ1v) is 9.81. The Labute approximate surface area is 160 Å². The Kier molecular flexibility index (Phi) is 5.58. The first-order valence-electron chi connectivity index (χ1n) is 9.81. The molecule has 1 N–H and O–H groups in total. The fraction of sp³-hybridized carbons (Fsp3) is 0.409. The molecular formula is C22H27N3O2. The van der Waals surface area contributed by atoms with Crippen molar-refractivity contribution in [3.8, 4) is 0 Å². The highest BCUT2D eigenvalue weighted by Crippen LogP contribution is 2.24. The smallest absolute Gasteiger partial charge is 0.253 e. The number of amides is 1. The Hall–Kier alpha value is -2.53. The molecule has 2 fully saturated rings. The number of carbonyl (C=O) groups is 1. The molecule has 2 aromatic carbocycles. The number of nitrogens with zero attached hydrogens (tertiary/aromatic N) is 2. The van der Waals surface area contributed by atoms with Crippen molar-refractivity contribution in [2.75, 3.05) is 55.7 Å². The van der Waals surface area contributed by atoms with Crippen LogP contribution in [0.25, 0.3) is 0 Å². The summed E-state index contributed by atoms with van der Waals surface area (Å²) in [6, 6.07) is 18.4. The zero-order chi connectivity index (χ0) is 18.5. The lowest BCUT2D eigenvalue weighted by Gasteiger charge is -2.30. The molecule has 1 atom stereocenters. The number of morpholine rings is 1. The minimum absolute atomic E-state index is 0.0234. The third kappa shape index (κ3) is 4.25. The lowest BCUT2D eigenvalue weighted by atomic mass is 10.1. The fourth-order valence-corrected chi connectivity index (χ4v) is 3.95. The first kappa shape index (κ1) is 17.9. The van der Waals surface area contributed by atoms with Crippen molar-refractivity contribution in [2.24, 2.45) is 5.92 Å². The Morgan fingerprint density at radius 1 is 0.963 bits per heavy atom. The second kappa shape index (κ2) is 8.44. The van der Waals surface area contributed by atoms with Crippen LogP contribution in [-0.4, -0.2) is 51.8 Å². The van der Waals surface area contributed by atoms with Gasteiger partial charge in [0.25, 0.3) is 5.91 Å². The summed E-state index contributed by atoms with van der Waals surface area (Å²) in [5.41, 5.74) is 3.04. The molecular weight excluding hydrogens is 338 g/mol. The summed E-state index contributed by atoms with van der Waals surface area (Å²) in [6.07, 6.45) is 1.11. The summed E-state index contributed by atoms with van der Waals surface area (Å²) in [4.78, 5) is 17.5. The van der Waals surface area contributed by atoms with Crippen molar-refractivity contribution in [2.45, 2.75) is 6.42 Å². The average molecular weight is 365 g/mol. The third-order valence-corrected chi connectivity index (χ3v) is 5.46. The molecule has 2 aliphatic rings. The Morgan fingerprint density at radius 2 is 1.70 bits per heavy atom. The van der Waals surface area contributed by atoms with Crippen molar-refractivity contribution < 1.29 is 9.53 Å². The SMILES string of the molecule is O=C(NC[C@@H]1CCN(c2ccccc2)C1)c1ccccc1N1CCOCC1. The first-order chi connectivity index (χ1) is 13.3. The van der Waals surface area contributed by atoms with E-state index in [2.05, 4.69) is 39.4 Å². The fourth-order valence-electron chi connectivity index (χ4n) is 3.95. The lowest BCUT2D eigenvalue weighted by molar-refractivity contribution is 0.0947. The summed E-state index contributed by atoms with van der Waals surface area (Å²) in [5.74, 6) is 0.514. The zero-order valence-corrected chi connectivity index (χ0v) is 15.6. The number of para-hydroxylation sites is 2. The standard InChI is InChI=1S/C22H27N3O2/c26-22(20-8-4-5-9-21(20)24-12-14-27-15-13-24)23-16-18-10-11-25(17-18)19-6-2-1-3-7-19/h1-9,18H,10-17H2,(H,23,26)/t18-/m0/s1. The number of rotatable bonds is 5. The van der Waals surface area contributed by atoms with Crippen molar-refractivity contribution in [1.82, 2.24) is 5.32 Å². The monoisotopic (exact) mass is 365 g/mol. The van der Waals surface area contributed by atoms with E-state index in [1.807, 2.05) is 30.3 Å². The Morgan fingerprint density at radius 3 is 2.52 bits per heavy atom. The largest absolute Gasteiger partial charge is 0.378 e. The van der Waals surface area contributed by atoms with E-state index in [0.29, 0.717) is 19.1 Å². The van der Waals surface area contributed by atoms with E-state index in [4.69, 9.17) is 4.74 Å². The molecule has 0 saturated carbocycles. The number of benzene rings is 2. The van der Waals surface area contributed by atoms with Crippen LogP contribution >= 0.6 is 0 Å². The van der Waals surface area contributed by atoms with Crippen LogP contribution in [0.2, 0.25) is 0 Å². The quantitative estimate of drug-likeness (QED) is 0.885. The van der Waals surface area contributed by atoms with E-state index >= 15 is 0 Å². The number of ether oxygens (including phenoxy) is 1. The molecule has 5 nitrogen and oxygen atoms in total. The Balaban J connectivity index is 1.35. The third-order valence-electron chi connectivity index (χ3n) is 5.46. The maximum atomic E-state index is 12.8. The normalized spacial score (nSPS) is 19.9. The predicted octanol–water partition coefficient (Wildman–Crippen LogP) is 2.78. The van der Waals surface area contributed by atoms with Gasteiger partial charge in [0.05, 0.1) is 18.8 Å². The molecule has 0 bridgehead atoms. The number of hydrogen-bond donors (Lipinski definition) is 1. The lowest BCUT2D eigenvalue weighted by Crippen LogP contribution is -2.38. The van der Waals surface area contributed by atoms with Gasteiger partial charge in [0.1, 0.15) is 0 Å². The van der Waals surface area contributed by atoms with Gasteiger partial charge in [-0.15, -0.1) is 0 Å². The van der Waals surface area contributed by atoms with Gasteiger partial charge in [-0.25, -0.2) is 0 Å². The topological polar surface area (TPSA) is 44.8 Å². The van der Waals surface area contributed by atoms with Crippen molar-refractivity contribution in [3.05, 3.63) is 60.2 Å². The molecule has 27 heavy (non-hydrogen) atoms. The molecule has 0 radical (unpaired) electrons. The predicted molar refractivity (Wildman–Crippen MR) is 109 cm³/mol. The number of anilines is 2. The van der Waals surface area contributed by atoms with Crippen LogP contribution in [0.5, 0.6) is 0 Å². The molecule has 0 aromatic heterocycles. The summed E-state index contributed by atoms with van der Waals surface area (Å²) in [5, 5.41) is 3.17. The summed E-state index contributed by atoms with van der Waals surface area (Å²) in [7, 11) is 0. The van der Waals surface area contributed by atoms with Gasteiger partial charge >= 0.3 is 0 Å². The molecule has 0 aliphatic carbocycles. The van der Waals surface area contributed by atoms with Crippen LogP contribution < -0.4 is 15.1 Å². The molecule has 1 amide bonds. The number of carbonyl (C=O) groups excluding carboxylic acids is 1. The van der Waals surface area contributed by atoms with E-state index in [0.717, 1.165) is 50.4 Å². The van der Waals surface area contributed by atoms with Crippen LogP contribution in [0, 0.1) is 5.92 Å². The second-order valence-electron chi connectivity index (χ2n) is 7.26. The van der Waals surface area contributed by atoms with Crippen molar-refractivity contribution in [1.29, 1.82) is 0 Å². The molecule has 2 aromatic rings. The van der Waals surface area contributed by atoms with Gasteiger partial charge in [0.15, 0.2) is 0 Å². The van der Waals surface area contributed by atoms with Crippen molar-refractivity contribution in [3.63, 3.8) is 0 Å². The van der Waals surface area contributed by atoms with Gasteiger partial charge in [-0.1, -0.05) is 30.3 Å². The second-order valence-corrected chi connectivity index (χ2v) is 7.26. The van der Waals surface area contributed by atoms with Gasteiger partial charge in [-0.2, -0.15) is 0 Å². The van der Waals surface area contributed by atoms with Crippen molar-refractivity contribution >= 4 is 17.3 Å². The molecule has 2 saturated heterocycles. The van der Waals surface area contributed by atoms with Crippen LogP contribution in [0.15, 0.2) is 54.6 Å². The number of hydrogen-bond acceptors (Lipinski definition) is 4. The van der Waals surface area contributed by atoms with Crippen LogP contribution in [-0.2, 0) is 4.74 Å². The molecule has 142 valence electrons. The minimum atomic E-state index is 0.0234. The highest BCUT2D eigenvalue weighted by molar-refractivity contribution is 5.99. The summed E-state index contributed by atoms with van der Waals surface area (Å²) in [6.45, 7) is 5.86. The number of nitrogens with one attached hydrogen (secondary N) is 1. The zero-order valence-electron chi connectivity index (χ0n) is 15.6. The van der Waals surface area contributed by atoms with Gasteiger partial charge < -0.3 is 19.9 Å². The average Bonchev–Trinajstić information content (AvgIpc) is 3.22. The van der Waals surface area contributed by atoms with Crippen LogP contribution in [0.3, 0.4) is 0 Å². The van der Waals surface area contributed by atoms with E-state index in [1.54, 1.807) is 0 Å². The molecule has 2 aliphatic heterocycles. The van der Waals surface area contributed by atoms with Crippen LogP contribution in [0.1, 0.15) is 16.8 Å². The minimum Gasteiger partial charge on any atom is -0.378 e. The molecule has 2 heterocycles. The van der Waals surface area contributed by atoms with Crippen LogP contribution in [0.4, 0.5) is 11.4 Å². The van der Waals surface area contributed by atoms with E-state index in [9.17, 15) is 4.79 Å². The highest BCUT2D eigenvalue weighted by atomic mass is 16.5. The maximum absolute atomic E-state index is 12.8.